The lowest BCUT2D eigenvalue weighted by Crippen LogP contribution is -2.03. The third kappa shape index (κ3) is 5.43. The molecule has 0 radical (unpaired) electrons. The fourth-order valence-electron chi connectivity index (χ4n) is 0.197. The SMILES string of the molecule is C/C=C(/C)SN=C(C)N. The van der Waals surface area contributed by atoms with Crippen LogP contribution in [0.1, 0.15) is 20.8 Å². The highest BCUT2D eigenvalue weighted by molar-refractivity contribution is 8.01. The molecule has 0 aromatic heterocycles. The molecule has 0 saturated heterocycles. The smallest absolute Gasteiger partial charge is 0.105 e. The molecule has 0 aromatic rings. The maximum atomic E-state index is 5.30. The summed E-state index contributed by atoms with van der Waals surface area (Å²) in [5, 5.41) is 0. The zero-order valence-corrected chi connectivity index (χ0v) is 6.83. The second-order valence-electron chi connectivity index (χ2n) is 1.72. The summed E-state index contributed by atoms with van der Waals surface area (Å²) >= 11 is 1.41. The van der Waals surface area contributed by atoms with Gasteiger partial charge in [0.05, 0.1) is 0 Å². The van der Waals surface area contributed by atoms with E-state index in [1.165, 1.54) is 16.9 Å². The molecule has 0 rings (SSSR count). The number of hydrogen-bond donors (Lipinski definition) is 1. The van der Waals surface area contributed by atoms with Crippen molar-refractivity contribution in [3.63, 3.8) is 0 Å². The zero-order chi connectivity index (χ0) is 7.28. The molecule has 0 unspecified atom stereocenters. The summed E-state index contributed by atoms with van der Waals surface area (Å²) in [7, 11) is 0. The van der Waals surface area contributed by atoms with Crippen molar-refractivity contribution in [2.75, 3.05) is 0 Å². The number of hydrogen-bond acceptors (Lipinski definition) is 2. The average Bonchev–Trinajstić information content (AvgIpc) is 1.83. The molecule has 0 spiro atoms. The van der Waals surface area contributed by atoms with Crippen LogP contribution < -0.4 is 5.73 Å². The van der Waals surface area contributed by atoms with Crippen molar-refractivity contribution in [2.45, 2.75) is 20.8 Å². The molecule has 0 saturated carbocycles. The van der Waals surface area contributed by atoms with Gasteiger partial charge in [-0.15, -0.1) is 0 Å². The minimum atomic E-state index is 0.612. The first-order valence-corrected chi connectivity index (χ1v) is 3.54. The fraction of sp³-hybridized carbons (Fsp3) is 0.500. The maximum Gasteiger partial charge on any atom is 0.105 e. The molecule has 9 heavy (non-hydrogen) atoms. The van der Waals surface area contributed by atoms with Gasteiger partial charge in [0.1, 0.15) is 5.84 Å². The number of nitrogens with two attached hydrogens (primary N) is 1. The van der Waals surface area contributed by atoms with Gasteiger partial charge in [0.25, 0.3) is 0 Å². The van der Waals surface area contributed by atoms with Crippen molar-refractivity contribution in [1.82, 2.24) is 0 Å². The standard InChI is InChI=1S/C6H12N2S/c1-4-5(2)9-8-6(3)7/h4H,1-3H3,(H2,7,8)/b5-4-. The molecule has 0 aliphatic heterocycles. The largest absolute Gasteiger partial charge is 0.387 e. The van der Waals surface area contributed by atoms with Gasteiger partial charge in [-0.05, 0) is 20.8 Å². The van der Waals surface area contributed by atoms with Gasteiger partial charge in [-0.1, -0.05) is 6.08 Å². The fourth-order valence-corrected chi connectivity index (χ4v) is 0.590. The van der Waals surface area contributed by atoms with Crippen LogP contribution in [-0.2, 0) is 0 Å². The highest BCUT2D eigenvalue weighted by atomic mass is 32.2. The first-order valence-electron chi connectivity index (χ1n) is 2.77. The van der Waals surface area contributed by atoms with E-state index in [0.29, 0.717) is 5.84 Å². The van der Waals surface area contributed by atoms with E-state index in [1.807, 2.05) is 19.9 Å². The summed E-state index contributed by atoms with van der Waals surface area (Å²) in [5.41, 5.74) is 5.30. The number of rotatable bonds is 2. The molecular formula is C6H12N2S. The van der Waals surface area contributed by atoms with Crippen molar-refractivity contribution in [3.8, 4) is 0 Å². The molecule has 52 valence electrons. The Kier molecular flexibility index (Phi) is 4.22. The lowest BCUT2D eigenvalue weighted by Gasteiger charge is -1.91. The quantitative estimate of drug-likeness (QED) is 0.365. The Bertz CT molecular complexity index is 134. The number of amidine groups is 1. The Balaban J connectivity index is 3.64. The van der Waals surface area contributed by atoms with Crippen molar-refractivity contribution < 1.29 is 0 Å². The summed E-state index contributed by atoms with van der Waals surface area (Å²) in [4.78, 5) is 1.17. The van der Waals surface area contributed by atoms with E-state index in [2.05, 4.69) is 4.40 Å². The van der Waals surface area contributed by atoms with Crippen LogP contribution in [0.3, 0.4) is 0 Å². The van der Waals surface area contributed by atoms with Crippen LogP contribution in [0.25, 0.3) is 0 Å². The van der Waals surface area contributed by atoms with Gasteiger partial charge < -0.3 is 5.73 Å². The lowest BCUT2D eigenvalue weighted by atomic mass is 10.6. The van der Waals surface area contributed by atoms with Crippen LogP contribution in [0.15, 0.2) is 15.4 Å². The zero-order valence-electron chi connectivity index (χ0n) is 6.01. The molecule has 0 aliphatic rings. The lowest BCUT2D eigenvalue weighted by molar-refractivity contribution is 1.56. The molecule has 0 atom stereocenters. The Hall–Kier alpha value is -0.440. The van der Waals surface area contributed by atoms with E-state index in [4.69, 9.17) is 5.73 Å². The number of allylic oxidation sites excluding steroid dienone is 2. The van der Waals surface area contributed by atoms with Gasteiger partial charge in [0.15, 0.2) is 0 Å². The van der Waals surface area contributed by atoms with Crippen molar-refractivity contribution in [1.29, 1.82) is 0 Å². The number of nitrogens with zero attached hydrogens (tertiary/aromatic N) is 1. The minimum absolute atomic E-state index is 0.612. The van der Waals surface area contributed by atoms with E-state index in [1.54, 1.807) is 6.92 Å². The van der Waals surface area contributed by atoms with Gasteiger partial charge >= 0.3 is 0 Å². The summed E-state index contributed by atoms with van der Waals surface area (Å²) in [5.74, 6) is 0.612. The average molecular weight is 144 g/mol. The molecular weight excluding hydrogens is 132 g/mol. The first kappa shape index (κ1) is 8.56. The molecule has 0 heterocycles. The van der Waals surface area contributed by atoms with Gasteiger partial charge in [-0.3, -0.25) is 0 Å². The first-order chi connectivity index (χ1) is 4.16. The minimum Gasteiger partial charge on any atom is -0.387 e. The van der Waals surface area contributed by atoms with Crippen LogP contribution in [-0.4, -0.2) is 5.84 Å². The Morgan fingerprint density at radius 1 is 1.56 bits per heavy atom. The van der Waals surface area contributed by atoms with Crippen LogP contribution in [0.4, 0.5) is 0 Å². The van der Waals surface area contributed by atoms with E-state index < -0.39 is 0 Å². The van der Waals surface area contributed by atoms with Gasteiger partial charge in [0, 0.05) is 16.9 Å². The third-order valence-electron chi connectivity index (χ3n) is 0.740. The summed E-state index contributed by atoms with van der Waals surface area (Å²) in [6, 6.07) is 0. The highest BCUT2D eigenvalue weighted by Crippen LogP contribution is 2.14. The Labute approximate surface area is 60.4 Å². The summed E-state index contributed by atoms with van der Waals surface area (Å²) < 4.78 is 3.94. The topological polar surface area (TPSA) is 38.4 Å². The van der Waals surface area contributed by atoms with Gasteiger partial charge in [0.2, 0.25) is 0 Å². The monoisotopic (exact) mass is 144 g/mol. The predicted molar refractivity (Wildman–Crippen MR) is 44.3 cm³/mol. The molecule has 3 heteroatoms. The maximum absolute atomic E-state index is 5.30. The van der Waals surface area contributed by atoms with Crippen LogP contribution >= 0.6 is 11.9 Å². The molecule has 0 amide bonds. The van der Waals surface area contributed by atoms with E-state index in [9.17, 15) is 0 Å². The van der Waals surface area contributed by atoms with E-state index in [0.717, 1.165) is 0 Å². The molecule has 2 nitrogen and oxygen atoms in total. The third-order valence-corrected chi connectivity index (χ3v) is 1.64. The molecule has 2 N–H and O–H groups in total. The Morgan fingerprint density at radius 3 is 2.44 bits per heavy atom. The summed E-state index contributed by atoms with van der Waals surface area (Å²) in [6.45, 7) is 5.75. The normalized spacial score (nSPS) is 14.1. The van der Waals surface area contributed by atoms with Crippen LogP contribution in [0, 0.1) is 0 Å². The Morgan fingerprint density at radius 2 is 2.11 bits per heavy atom. The van der Waals surface area contributed by atoms with E-state index in [-0.39, 0.29) is 0 Å². The van der Waals surface area contributed by atoms with E-state index >= 15 is 0 Å². The second-order valence-corrected chi connectivity index (χ2v) is 2.73. The van der Waals surface area contributed by atoms with Gasteiger partial charge in [-0.2, -0.15) is 4.40 Å². The van der Waals surface area contributed by atoms with Crippen molar-refractivity contribution in [3.05, 3.63) is 11.0 Å². The molecule has 0 fully saturated rings. The van der Waals surface area contributed by atoms with Crippen LogP contribution in [0.5, 0.6) is 0 Å². The predicted octanol–water partition coefficient (Wildman–Crippen LogP) is 1.94. The van der Waals surface area contributed by atoms with Crippen LogP contribution in [0.2, 0.25) is 0 Å². The summed E-state index contributed by atoms with van der Waals surface area (Å²) in [6.07, 6.45) is 2.00. The van der Waals surface area contributed by atoms with Crippen molar-refractivity contribution >= 4 is 17.8 Å². The van der Waals surface area contributed by atoms with Gasteiger partial charge in [-0.25, -0.2) is 0 Å². The molecule has 0 bridgehead atoms. The highest BCUT2D eigenvalue weighted by Gasteiger charge is 1.83. The molecule has 0 aliphatic carbocycles. The molecule has 0 aromatic carbocycles. The van der Waals surface area contributed by atoms with Crippen molar-refractivity contribution in [2.24, 2.45) is 10.1 Å². The second kappa shape index (κ2) is 4.44.